The lowest BCUT2D eigenvalue weighted by molar-refractivity contribution is -0.144. The largest absolute Gasteiger partial charge is 0.461 e. The minimum absolute atomic E-state index is 0.202. The Morgan fingerprint density at radius 1 is 1.11 bits per heavy atom. The van der Waals surface area contributed by atoms with Crippen LogP contribution in [-0.2, 0) is 22.6 Å². The van der Waals surface area contributed by atoms with E-state index in [1.807, 2.05) is 30.3 Å². The summed E-state index contributed by atoms with van der Waals surface area (Å²) in [5.41, 5.74) is 1.74. The number of hydrogen-bond acceptors (Lipinski definition) is 4. The summed E-state index contributed by atoms with van der Waals surface area (Å²) in [5.74, 6) is 0.419. The molecule has 1 aromatic carbocycles. The second-order valence-electron chi connectivity index (χ2n) is 3.96. The van der Waals surface area contributed by atoms with E-state index in [1.54, 1.807) is 19.3 Å². The van der Waals surface area contributed by atoms with Gasteiger partial charge < -0.3 is 4.74 Å². The molecular formula is C14H14N2O2. The van der Waals surface area contributed by atoms with Gasteiger partial charge in [-0.25, -0.2) is 9.97 Å². The molecule has 0 unspecified atom stereocenters. The number of rotatable bonds is 4. The summed E-state index contributed by atoms with van der Waals surface area (Å²) in [6, 6.07) is 9.59. The van der Waals surface area contributed by atoms with Gasteiger partial charge in [-0.15, -0.1) is 0 Å². The van der Waals surface area contributed by atoms with Crippen LogP contribution < -0.4 is 0 Å². The van der Waals surface area contributed by atoms with Crippen molar-refractivity contribution in [2.75, 3.05) is 0 Å². The van der Waals surface area contributed by atoms with E-state index in [0.29, 0.717) is 12.4 Å². The molecule has 0 saturated carbocycles. The number of esters is 1. The van der Waals surface area contributed by atoms with Gasteiger partial charge in [-0.1, -0.05) is 30.3 Å². The first-order valence-corrected chi connectivity index (χ1v) is 5.71. The van der Waals surface area contributed by atoms with E-state index in [1.165, 1.54) is 0 Å². The number of aromatic nitrogens is 2. The number of carbonyl (C=O) groups excluding carboxylic acids is 1. The van der Waals surface area contributed by atoms with Crippen molar-refractivity contribution in [3.63, 3.8) is 0 Å². The molecule has 2 aromatic rings. The highest BCUT2D eigenvalue weighted by Crippen LogP contribution is 2.03. The van der Waals surface area contributed by atoms with Crippen LogP contribution >= 0.6 is 0 Å². The van der Waals surface area contributed by atoms with Crippen LogP contribution in [0.25, 0.3) is 0 Å². The van der Waals surface area contributed by atoms with Gasteiger partial charge in [0.1, 0.15) is 12.4 Å². The molecule has 92 valence electrons. The monoisotopic (exact) mass is 242 g/mol. The fraction of sp³-hybridized carbons (Fsp3) is 0.214. The molecule has 0 saturated heterocycles. The third kappa shape index (κ3) is 3.66. The van der Waals surface area contributed by atoms with Gasteiger partial charge in [-0.3, -0.25) is 4.79 Å². The van der Waals surface area contributed by atoms with Crippen LogP contribution in [0.4, 0.5) is 0 Å². The lowest BCUT2D eigenvalue weighted by atomic mass is 10.2. The predicted molar refractivity (Wildman–Crippen MR) is 66.7 cm³/mol. The van der Waals surface area contributed by atoms with Crippen LogP contribution in [0.15, 0.2) is 42.7 Å². The molecule has 0 amide bonds. The van der Waals surface area contributed by atoms with E-state index in [4.69, 9.17) is 4.74 Å². The Bertz CT molecular complexity index is 509. The number of benzene rings is 1. The summed E-state index contributed by atoms with van der Waals surface area (Å²) >= 11 is 0. The maximum absolute atomic E-state index is 11.6. The van der Waals surface area contributed by atoms with E-state index in [-0.39, 0.29) is 12.4 Å². The minimum atomic E-state index is -0.272. The molecule has 0 spiro atoms. The normalized spacial score (nSPS) is 10.1. The Morgan fingerprint density at radius 3 is 2.44 bits per heavy atom. The van der Waals surface area contributed by atoms with E-state index in [2.05, 4.69) is 9.97 Å². The molecule has 4 heteroatoms. The van der Waals surface area contributed by atoms with Crippen LogP contribution in [-0.4, -0.2) is 15.9 Å². The van der Waals surface area contributed by atoms with Gasteiger partial charge >= 0.3 is 5.97 Å². The number of nitrogens with zero attached hydrogens (tertiary/aromatic N) is 2. The maximum atomic E-state index is 11.6. The van der Waals surface area contributed by atoms with Gasteiger partial charge in [0, 0.05) is 12.4 Å². The summed E-state index contributed by atoms with van der Waals surface area (Å²) in [5, 5.41) is 0. The molecule has 2 rings (SSSR count). The van der Waals surface area contributed by atoms with Crippen LogP contribution in [0.3, 0.4) is 0 Å². The van der Waals surface area contributed by atoms with E-state index in [9.17, 15) is 4.79 Å². The minimum Gasteiger partial charge on any atom is -0.461 e. The third-order valence-electron chi connectivity index (χ3n) is 2.43. The Balaban J connectivity index is 1.84. The summed E-state index contributed by atoms with van der Waals surface area (Å²) in [7, 11) is 0. The number of hydrogen-bond donors (Lipinski definition) is 0. The first-order valence-electron chi connectivity index (χ1n) is 5.71. The molecule has 18 heavy (non-hydrogen) atoms. The molecule has 0 aliphatic carbocycles. The third-order valence-corrected chi connectivity index (χ3v) is 2.43. The summed E-state index contributed by atoms with van der Waals surface area (Å²) in [4.78, 5) is 19.7. The Morgan fingerprint density at radius 2 is 1.78 bits per heavy atom. The Kier molecular flexibility index (Phi) is 4.02. The van der Waals surface area contributed by atoms with E-state index >= 15 is 0 Å². The summed E-state index contributed by atoms with van der Waals surface area (Å²) in [6.07, 6.45) is 3.49. The van der Waals surface area contributed by atoms with Crippen molar-refractivity contribution < 1.29 is 9.53 Å². The average molecular weight is 242 g/mol. The van der Waals surface area contributed by atoms with Crippen molar-refractivity contribution in [1.29, 1.82) is 0 Å². The van der Waals surface area contributed by atoms with Crippen molar-refractivity contribution in [3.05, 3.63) is 59.7 Å². The van der Waals surface area contributed by atoms with Crippen LogP contribution in [0.2, 0.25) is 0 Å². The van der Waals surface area contributed by atoms with Gasteiger partial charge in [0.25, 0.3) is 0 Å². The summed E-state index contributed by atoms with van der Waals surface area (Å²) < 4.78 is 5.17. The van der Waals surface area contributed by atoms with Crippen LogP contribution in [0.1, 0.15) is 17.0 Å². The lowest BCUT2D eigenvalue weighted by Gasteiger charge is -2.04. The second-order valence-corrected chi connectivity index (χ2v) is 3.96. The standard InChI is InChI=1S/C14H14N2O2/c1-11-15-8-13(9-16-11)7-14(17)18-10-12-5-3-2-4-6-12/h2-6,8-9H,7,10H2,1H3. The van der Waals surface area contributed by atoms with Gasteiger partial charge in [-0.05, 0) is 18.1 Å². The zero-order chi connectivity index (χ0) is 12.8. The second kappa shape index (κ2) is 5.91. The molecule has 0 aliphatic heterocycles. The molecule has 0 radical (unpaired) electrons. The molecule has 0 bridgehead atoms. The van der Waals surface area contributed by atoms with E-state index < -0.39 is 0 Å². The van der Waals surface area contributed by atoms with Crippen molar-refractivity contribution in [2.24, 2.45) is 0 Å². The maximum Gasteiger partial charge on any atom is 0.310 e. The van der Waals surface area contributed by atoms with Gasteiger partial charge in [0.05, 0.1) is 6.42 Å². The quantitative estimate of drug-likeness (QED) is 0.770. The zero-order valence-corrected chi connectivity index (χ0v) is 10.2. The van der Waals surface area contributed by atoms with Crippen molar-refractivity contribution in [2.45, 2.75) is 20.0 Å². The number of carbonyl (C=O) groups is 1. The highest BCUT2D eigenvalue weighted by molar-refractivity contribution is 5.72. The molecule has 1 heterocycles. The smallest absolute Gasteiger partial charge is 0.310 e. The molecule has 0 aliphatic rings. The van der Waals surface area contributed by atoms with E-state index in [0.717, 1.165) is 11.1 Å². The topological polar surface area (TPSA) is 52.1 Å². The first kappa shape index (κ1) is 12.2. The molecule has 0 N–H and O–H groups in total. The SMILES string of the molecule is Cc1ncc(CC(=O)OCc2ccccc2)cn1. The number of ether oxygens (including phenoxy) is 1. The molecule has 1 aromatic heterocycles. The van der Waals surface area contributed by atoms with Crippen LogP contribution in [0, 0.1) is 6.92 Å². The fourth-order valence-corrected chi connectivity index (χ4v) is 1.47. The predicted octanol–water partition coefficient (Wildman–Crippen LogP) is 2.07. The number of aryl methyl sites for hydroxylation is 1. The highest BCUT2D eigenvalue weighted by atomic mass is 16.5. The van der Waals surface area contributed by atoms with Gasteiger partial charge in [0.15, 0.2) is 0 Å². The molecule has 4 nitrogen and oxygen atoms in total. The van der Waals surface area contributed by atoms with Crippen molar-refractivity contribution in [1.82, 2.24) is 9.97 Å². The molecular weight excluding hydrogens is 228 g/mol. The fourth-order valence-electron chi connectivity index (χ4n) is 1.47. The molecule has 0 fully saturated rings. The zero-order valence-electron chi connectivity index (χ0n) is 10.2. The first-order chi connectivity index (χ1) is 8.74. The average Bonchev–Trinajstić information content (AvgIpc) is 2.40. The van der Waals surface area contributed by atoms with Gasteiger partial charge in [0.2, 0.25) is 0 Å². The van der Waals surface area contributed by atoms with Crippen LogP contribution in [0.5, 0.6) is 0 Å². The van der Waals surface area contributed by atoms with Crippen molar-refractivity contribution >= 4 is 5.97 Å². The Hall–Kier alpha value is -2.23. The lowest BCUT2D eigenvalue weighted by Crippen LogP contribution is -2.08. The summed E-state index contributed by atoms with van der Waals surface area (Å²) in [6.45, 7) is 2.10. The Labute approximate surface area is 106 Å². The van der Waals surface area contributed by atoms with Crippen molar-refractivity contribution in [3.8, 4) is 0 Å². The molecule has 0 atom stereocenters. The van der Waals surface area contributed by atoms with Gasteiger partial charge in [-0.2, -0.15) is 0 Å². The highest BCUT2D eigenvalue weighted by Gasteiger charge is 2.05.